The average Bonchev–Trinajstić information content (AvgIpc) is 2.51. The first-order valence-corrected chi connectivity index (χ1v) is 9.43. The molecule has 0 amide bonds. The molecule has 0 saturated carbocycles. The molecular weight excluding hydrogens is 357 g/mol. The minimum absolute atomic E-state index is 0.140. The molecule has 1 saturated heterocycles. The van der Waals surface area contributed by atoms with E-state index in [0.717, 1.165) is 38.3 Å². The van der Waals surface area contributed by atoms with Gasteiger partial charge in [0, 0.05) is 44.5 Å². The first kappa shape index (κ1) is 20.0. The van der Waals surface area contributed by atoms with E-state index < -0.39 is 26.7 Å². The van der Waals surface area contributed by atoms with Gasteiger partial charge in [0.25, 0.3) is 0 Å². The topological polar surface area (TPSA) is 78.7 Å². The van der Waals surface area contributed by atoms with Crippen LogP contribution in [0.1, 0.15) is 12.5 Å². The van der Waals surface area contributed by atoms with Gasteiger partial charge in [0.2, 0.25) is 10.0 Å². The third kappa shape index (κ3) is 5.30. The van der Waals surface area contributed by atoms with Gasteiger partial charge in [0.15, 0.2) is 0 Å². The van der Waals surface area contributed by atoms with Gasteiger partial charge in [-0.25, -0.2) is 13.6 Å². The van der Waals surface area contributed by atoms with Crippen LogP contribution in [0.5, 0.6) is 0 Å². The van der Waals surface area contributed by atoms with Gasteiger partial charge in [0.05, 0.1) is 10.5 Å². The summed E-state index contributed by atoms with van der Waals surface area (Å²) in [6, 6.07) is 3.12. The van der Waals surface area contributed by atoms with Gasteiger partial charge in [-0.3, -0.25) is 4.90 Å². The van der Waals surface area contributed by atoms with Gasteiger partial charge in [0.1, 0.15) is 0 Å². The van der Waals surface area contributed by atoms with Crippen molar-refractivity contribution in [3.8, 4) is 0 Å². The van der Waals surface area contributed by atoms with Crippen molar-refractivity contribution >= 4 is 15.7 Å². The lowest BCUT2D eigenvalue weighted by atomic mass is 10.1. The number of nitrogens with two attached hydrogens (primary N) is 1. The molecule has 1 fully saturated rings. The minimum atomic E-state index is -4.80. The smallest absolute Gasteiger partial charge is 0.383 e. The Kier molecular flexibility index (Phi) is 5.97. The van der Waals surface area contributed by atoms with Crippen molar-refractivity contribution in [1.82, 2.24) is 9.80 Å². The lowest BCUT2D eigenvalue weighted by Crippen LogP contribution is -2.49. The Bertz CT molecular complexity index is 701. The van der Waals surface area contributed by atoms with E-state index in [0.29, 0.717) is 6.54 Å². The van der Waals surface area contributed by atoms with Crippen LogP contribution in [-0.2, 0) is 16.2 Å². The van der Waals surface area contributed by atoms with E-state index >= 15 is 0 Å². The lowest BCUT2D eigenvalue weighted by molar-refractivity contribution is -0.139. The molecule has 1 atom stereocenters. The van der Waals surface area contributed by atoms with E-state index in [-0.39, 0.29) is 11.7 Å². The van der Waals surface area contributed by atoms with Gasteiger partial charge in [-0.05, 0) is 32.2 Å². The maximum absolute atomic E-state index is 13.1. The average molecular weight is 380 g/mol. The van der Waals surface area contributed by atoms with E-state index in [4.69, 9.17) is 5.14 Å². The van der Waals surface area contributed by atoms with Crippen molar-refractivity contribution in [2.24, 2.45) is 5.14 Å². The molecule has 0 aliphatic carbocycles. The number of halogens is 3. The van der Waals surface area contributed by atoms with E-state index in [1.165, 1.54) is 6.07 Å². The first-order chi connectivity index (χ1) is 11.5. The number of hydrogen-bond acceptors (Lipinski definition) is 5. The van der Waals surface area contributed by atoms with Crippen LogP contribution >= 0.6 is 0 Å². The molecule has 0 aromatic heterocycles. The van der Waals surface area contributed by atoms with E-state index in [2.05, 4.69) is 15.1 Å². The number of benzene rings is 1. The summed E-state index contributed by atoms with van der Waals surface area (Å²) in [7, 11) is -2.40. The Morgan fingerprint density at radius 3 is 2.36 bits per heavy atom. The molecule has 0 radical (unpaired) electrons. The van der Waals surface area contributed by atoms with Crippen LogP contribution in [0.3, 0.4) is 0 Å². The quantitative estimate of drug-likeness (QED) is 0.807. The Morgan fingerprint density at radius 1 is 1.24 bits per heavy atom. The lowest BCUT2D eigenvalue weighted by Gasteiger charge is -2.36. The van der Waals surface area contributed by atoms with Crippen molar-refractivity contribution < 1.29 is 21.6 Å². The summed E-state index contributed by atoms with van der Waals surface area (Å²) >= 11 is 0. The zero-order chi connectivity index (χ0) is 18.8. The molecule has 1 unspecified atom stereocenters. The van der Waals surface area contributed by atoms with Crippen molar-refractivity contribution in [3.63, 3.8) is 0 Å². The predicted octanol–water partition coefficient (Wildman–Crippen LogP) is 1.40. The highest BCUT2D eigenvalue weighted by Gasteiger charge is 2.36. The number of hydrogen-bond donors (Lipinski definition) is 2. The number of nitrogens with zero attached hydrogens (tertiary/aromatic N) is 2. The summed E-state index contributed by atoms with van der Waals surface area (Å²) < 4.78 is 62.1. The van der Waals surface area contributed by atoms with Crippen molar-refractivity contribution in [3.05, 3.63) is 23.8 Å². The normalized spacial score (nSPS) is 19.0. The number of anilines is 1. The highest BCUT2D eigenvalue weighted by molar-refractivity contribution is 7.89. The number of primary sulfonamides is 1. The van der Waals surface area contributed by atoms with Gasteiger partial charge in [-0.15, -0.1) is 0 Å². The van der Waals surface area contributed by atoms with Crippen LogP contribution in [0.4, 0.5) is 18.9 Å². The zero-order valence-electron chi connectivity index (χ0n) is 14.2. The maximum atomic E-state index is 13.1. The van der Waals surface area contributed by atoms with Crippen LogP contribution in [0.25, 0.3) is 0 Å². The fraction of sp³-hybridized carbons (Fsp3) is 0.600. The fourth-order valence-electron chi connectivity index (χ4n) is 2.77. The van der Waals surface area contributed by atoms with E-state index in [1.807, 2.05) is 14.0 Å². The Balaban J connectivity index is 2.10. The molecule has 142 valence electrons. The second-order valence-electron chi connectivity index (χ2n) is 6.32. The predicted molar refractivity (Wildman–Crippen MR) is 89.8 cm³/mol. The molecule has 1 aliphatic heterocycles. The maximum Gasteiger partial charge on any atom is 0.417 e. The fourth-order valence-corrected chi connectivity index (χ4v) is 3.51. The van der Waals surface area contributed by atoms with Crippen LogP contribution in [-0.4, -0.2) is 64.0 Å². The van der Waals surface area contributed by atoms with Gasteiger partial charge < -0.3 is 10.2 Å². The number of likely N-dealkylation sites (N-methyl/N-ethyl adjacent to an activating group) is 1. The monoisotopic (exact) mass is 380 g/mol. The molecule has 0 spiro atoms. The molecule has 10 heteroatoms. The molecule has 1 aromatic rings. The van der Waals surface area contributed by atoms with Crippen LogP contribution in [0.2, 0.25) is 0 Å². The summed E-state index contributed by atoms with van der Waals surface area (Å²) in [4.78, 5) is 3.56. The highest BCUT2D eigenvalue weighted by atomic mass is 32.2. The SMILES string of the molecule is CC(CNc1ccc(S(N)(=O)=O)c(C(F)(F)F)c1)N1CCN(C)CC1. The van der Waals surface area contributed by atoms with Crippen LogP contribution in [0, 0.1) is 0 Å². The van der Waals surface area contributed by atoms with E-state index in [9.17, 15) is 21.6 Å². The van der Waals surface area contributed by atoms with Crippen molar-refractivity contribution in [1.29, 1.82) is 0 Å². The van der Waals surface area contributed by atoms with Gasteiger partial charge in [-0.2, -0.15) is 13.2 Å². The molecule has 1 heterocycles. The molecule has 0 bridgehead atoms. The summed E-state index contributed by atoms with van der Waals surface area (Å²) in [5.41, 5.74) is -1.05. The molecule has 25 heavy (non-hydrogen) atoms. The number of sulfonamides is 1. The number of alkyl halides is 3. The van der Waals surface area contributed by atoms with Crippen molar-refractivity contribution in [2.45, 2.75) is 24.0 Å². The molecule has 6 nitrogen and oxygen atoms in total. The second-order valence-corrected chi connectivity index (χ2v) is 7.85. The Morgan fingerprint density at radius 2 is 1.84 bits per heavy atom. The molecule has 1 aliphatic rings. The molecule has 3 N–H and O–H groups in total. The minimum Gasteiger partial charge on any atom is -0.383 e. The van der Waals surface area contributed by atoms with Gasteiger partial charge >= 0.3 is 6.18 Å². The highest BCUT2D eigenvalue weighted by Crippen LogP contribution is 2.35. The first-order valence-electron chi connectivity index (χ1n) is 7.89. The summed E-state index contributed by atoms with van der Waals surface area (Å²) in [6.45, 7) is 6.16. The van der Waals surface area contributed by atoms with Crippen LogP contribution < -0.4 is 10.5 Å². The molecule has 1 aromatic carbocycles. The number of rotatable bonds is 5. The van der Waals surface area contributed by atoms with Crippen molar-refractivity contribution in [2.75, 3.05) is 45.1 Å². The third-order valence-electron chi connectivity index (χ3n) is 4.35. The standard InChI is InChI=1S/C15H23F3N4O2S/c1-11(22-7-5-21(2)6-8-22)10-20-12-3-4-14(25(19,23)24)13(9-12)15(16,17)18/h3-4,9,11,20H,5-8,10H2,1-2H3,(H2,19,23,24). The van der Waals surface area contributed by atoms with E-state index in [1.54, 1.807) is 0 Å². The molecular formula is C15H23F3N4O2S. The summed E-state index contributed by atoms with van der Waals surface area (Å²) in [5.74, 6) is 0. The Labute approximate surface area is 145 Å². The third-order valence-corrected chi connectivity index (χ3v) is 5.32. The number of piperazine rings is 1. The largest absolute Gasteiger partial charge is 0.417 e. The Hall–Kier alpha value is -1.36. The summed E-state index contributed by atoms with van der Waals surface area (Å²) in [5, 5.41) is 7.83. The van der Waals surface area contributed by atoms with Crippen LogP contribution in [0.15, 0.2) is 23.1 Å². The molecule has 2 rings (SSSR count). The zero-order valence-corrected chi connectivity index (χ0v) is 15.0. The second kappa shape index (κ2) is 7.48. The van der Waals surface area contributed by atoms with Gasteiger partial charge in [-0.1, -0.05) is 0 Å². The summed E-state index contributed by atoms with van der Waals surface area (Å²) in [6.07, 6.45) is -4.80. The number of nitrogens with one attached hydrogen (secondary N) is 1.